The van der Waals surface area contributed by atoms with Gasteiger partial charge >= 0.3 is 11.9 Å². The van der Waals surface area contributed by atoms with E-state index in [9.17, 15) is 9.59 Å². The predicted molar refractivity (Wildman–Crippen MR) is 42.8 cm³/mol. The molecule has 1 saturated heterocycles. The lowest BCUT2D eigenvalue weighted by Gasteiger charge is -2.06. The van der Waals surface area contributed by atoms with Crippen LogP contribution in [0.3, 0.4) is 0 Å². The van der Waals surface area contributed by atoms with E-state index >= 15 is 0 Å². The van der Waals surface area contributed by atoms with Crippen molar-refractivity contribution in [2.24, 2.45) is 0 Å². The van der Waals surface area contributed by atoms with E-state index in [1.165, 1.54) is 11.8 Å². The molecule has 0 aromatic carbocycles. The number of ether oxygens (including phenoxy) is 1. The summed E-state index contributed by atoms with van der Waals surface area (Å²) in [6.45, 7) is 0.203. The molecule has 2 N–H and O–H groups in total. The molecule has 0 saturated carbocycles. The molecular formula is C6H9NO4S. The number of carbonyl (C=O) groups excluding carboxylic acids is 1. The lowest BCUT2D eigenvalue weighted by Crippen LogP contribution is -2.31. The van der Waals surface area contributed by atoms with Crippen molar-refractivity contribution in [1.82, 2.24) is 5.32 Å². The highest BCUT2D eigenvalue weighted by Crippen LogP contribution is 2.14. The van der Waals surface area contributed by atoms with Crippen molar-refractivity contribution in [2.45, 2.75) is 5.37 Å². The van der Waals surface area contributed by atoms with Crippen LogP contribution in [0.15, 0.2) is 0 Å². The maximum absolute atomic E-state index is 11.0. The molecule has 0 aromatic heterocycles. The summed E-state index contributed by atoms with van der Waals surface area (Å²) in [6, 6.07) is 0. The number of aliphatic carboxylic acids is 1. The van der Waals surface area contributed by atoms with Gasteiger partial charge in [0.1, 0.15) is 0 Å². The van der Waals surface area contributed by atoms with E-state index in [1.807, 2.05) is 0 Å². The highest BCUT2D eigenvalue weighted by Gasteiger charge is 2.24. The Balaban J connectivity index is 2.23. The Morgan fingerprint density at radius 1 is 1.67 bits per heavy atom. The largest absolute Gasteiger partial charge is 0.479 e. The fourth-order valence-corrected chi connectivity index (χ4v) is 1.70. The normalized spacial score (nSPS) is 22.2. The number of carbonyl (C=O) groups is 2. The summed E-state index contributed by atoms with van der Waals surface area (Å²) in [5.41, 5.74) is 0. The predicted octanol–water partition coefficient (Wildman–Crippen LogP) is -0.723. The maximum atomic E-state index is 11.0. The van der Waals surface area contributed by atoms with Crippen LogP contribution in [0.5, 0.6) is 0 Å². The lowest BCUT2D eigenvalue weighted by atomic mass is 10.6. The molecule has 12 heavy (non-hydrogen) atoms. The van der Waals surface area contributed by atoms with Gasteiger partial charge in [-0.25, -0.2) is 9.59 Å². The van der Waals surface area contributed by atoms with Crippen LogP contribution in [-0.2, 0) is 14.3 Å². The van der Waals surface area contributed by atoms with Gasteiger partial charge in [0, 0.05) is 12.3 Å². The van der Waals surface area contributed by atoms with Gasteiger partial charge in [-0.2, -0.15) is 0 Å². The number of carboxylic acids is 1. The Morgan fingerprint density at radius 2 is 2.42 bits per heavy atom. The molecule has 1 aliphatic heterocycles. The van der Waals surface area contributed by atoms with Gasteiger partial charge in [0.25, 0.3) is 0 Å². The zero-order chi connectivity index (χ0) is 8.97. The first kappa shape index (κ1) is 9.34. The third-order valence-corrected chi connectivity index (χ3v) is 2.40. The first-order valence-electron chi connectivity index (χ1n) is 3.43. The second-order valence-corrected chi connectivity index (χ2v) is 3.42. The fourth-order valence-electron chi connectivity index (χ4n) is 0.786. The van der Waals surface area contributed by atoms with Gasteiger partial charge < -0.3 is 9.84 Å². The van der Waals surface area contributed by atoms with E-state index < -0.39 is 18.5 Å². The molecule has 0 spiro atoms. The molecule has 1 aliphatic rings. The van der Waals surface area contributed by atoms with E-state index in [2.05, 4.69) is 10.1 Å². The molecule has 0 aliphatic carbocycles. The molecule has 68 valence electrons. The molecule has 0 aromatic rings. The van der Waals surface area contributed by atoms with Crippen molar-refractivity contribution in [1.29, 1.82) is 0 Å². The molecule has 0 amide bonds. The molecule has 1 fully saturated rings. The molecule has 1 unspecified atom stereocenters. The Kier molecular flexibility index (Phi) is 3.36. The van der Waals surface area contributed by atoms with E-state index in [0.717, 1.165) is 12.3 Å². The number of esters is 1. The zero-order valence-corrected chi connectivity index (χ0v) is 7.10. The van der Waals surface area contributed by atoms with Crippen molar-refractivity contribution < 1.29 is 19.4 Å². The van der Waals surface area contributed by atoms with Gasteiger partial charge in [0.2, 0.25) is 0 Å². The second-order valence-electron chi connectivity index (χ2n) is 2.21. The fraction of sp³-hybridized carbons (Fsp3) is 0.667. The number of carboxylic acid groups (broad SMARTS) is 1. The van der Waals surface area contributed by atoms with Crippen molar-refractivity contribution in [3.8, 4) is 0 Å². The third kappa shape index (κ3) is 2.71. The van der Waals surface area contributed by atoms with E-state index in [0.29, 0.717) is 0 Å². The molecule has 0 bridgehead atoms. The van der Waals surface area contributed by atoms with E-state index in [-0.39, 0.29) is 5.37 Å². The van der Waals surface area contributed by atoms with Crippen LogP contribution in [0.1, 0.15) is 0 Å². The van der Waals surface area contributed by atoms with Crippen molar-refractivity contribution >= 4 is 23.7 Å². The Labute approximate surface area is 73.5 Å². The molecular weight excluding hydrogens is 182 g/mol. The minimum absolute atomic E-state index is 0.385. The first-order chi connectivity index (χ1) is 5.70. The van der Waals surface area contributed by atoms with Crippen LogP contribution in [-0.4, -0.2) is 41.3 Å². The van der Waals surface area contributed by atoms with Crippen LogP contribution in [0, 0.1) is 0 Å². The summed E-state index contributed by atoms with van der Waals surface area (Å²) in [5, 5.41) is 10.7. The Hall–Kier alpha value is -0.750. The Bertz CT molecular complexity index is 190. The summed E-state index contributed by atoms with van der Waals surface area (Å²) >= 11 is 1.42. The van der Waals surface area contributed by atoms with Crippen LogP contribution < -0.4 is 5.32 Å². The molecule has 1 rings (SSSR count). The number of hydrogen-bond donors (Lipinski definition) is 2. The lowest BCUT2D eigenvalue weighted by molar-refractivity contribution is -0.154. The molecule has 1 atom stereocenters. The minimum Gasteiger partial charge on any atom is -0.479 e. The average molecular weight is 191 g/mol. The van der Waals surface area contributed by atoms with Crippen molar-refractivity contribution in [2.75, 3.05) is 18.9 Å². The third-order valence-electron chi connectivity index (χ3n) is 1.27. The van der Waals surface area contributed by atoms with Gasteiger partial charge in [-0.1, -0.05) is 0 Å². The highest BCUT2D eigenvalue weighted by atomic mass is 32.2. The number of thioether (sulfide) groups is 1. The van der Waals surface area contributed by atoms with Crippen LogP contribution in [0.2, 0.25) is 0 Å². The summed E-state index contributed by atoms with van der Waals surface area (Å²) in [4.78, 5) is 21.0. The van der Waals surface area contributed by atoms with Crippen LogP contribution in [0.4, 0.5) is 0 Å². The standard InChI is InChI=1S/C6H9NO4S/c8-4(9)3-11-6(10)5-7-1-2-12-5/h5,7H,1-3H2,(H,8,9). The molecule has 5 nitrogen and oxygen atoms in total. The van der Waals surface area contributed by atoms with Gasteiger partial charge in [0.05, 0.1) is 0 Å². The zero-order valence-electron chi connectivity index (χ0n) is 6.28. The topological polar surface area (TPSA) is 75.6 Å². The highest BCUT2D eigenvalue weighted by molar-refractivity contribution is 8.00. The van der Waals surface area contributed by atoms with Gasteiger partial charge in [-0.3, -0.25) is 5.32 Å². The van der Waals surface area contributed by atoms with Gasteiger partial charge in [-0.15, -0.1) is 11.8 Å². The van der Waals surface area contributed by atoms with Gasteiger partial charge in [0.15, 0.2) is 12.0 Å². The second kappa shape index (κ2) is 4.32. The molecule has 0 radical (unpaired) electrons. The summed E-state index contributed by atoms with van der Waals surface area (Å²) < 4.78 is 4.47. The van der Waals surface area contributed by atoms with E-state index in [1.54, 1.807) is 0 Å². The summed E-state index contributed by atoms with van der Waals surface area (Å²) in [5.74, 6) is -0.779. The van der Waals surface area contributed by atoms with Gasteiger partial charge in [-0.05, 0) is 0 Å². The number of hydrogen-bond acceptors (Lipinski definition) is 5. The molecule has 6 heteroatoms. The number of nitrogens with one attached hydrogen (secondary N) is 1. The van der Waals surface area contributed by atoms with Crippen molar-refractivity contribution in [3.05, 3.63) is 0 Å². The smallest absolute Gasteiger partial charge is 0.341 e. The van der Waals surface area contributed by atoms with E-state index in [4.69, 9.17) is 5.11 Å². The SMILES string of the molecule is O=C(O)COC(=O)C1NCCS1. The number of rotatable bonds is 3. The Morgan fingerprint density at radius 3 is 2.92 bits per heavy atom. The quantitative estimate of drug-likeness (QED) is 0.573. The minimum atomic E-state index is -1.13. The maximum Gasteiger partial charge on any atom is 0.341 e. The van der Waals surface area contributed by atoms with Crippen LogP contribution in [0.25, 0.3) is 0 Å². The monoisotopic (exact) mass is 191 g/mol. The summed E-state index contributed by atoms with van der Waals surface area (Å²) in [6.07, 6.45) is 0. The molecule has 1 heterocycles. The van der Waals surface area contributed by atoms with Crippen LogP contribution >= 0.6 is 11.8 Å². The first-order valence-corrected chi connectivity index (χ1v) is 4.48. The summed E-state index contributed by atoms with van der Waals surface area (Å²) in [7, 11) is 0. The average Bonchev–Trinajstić information content (AvgIpc) is 2.51. The van der Waals surface area contributed by atoms with Crippen molar-refractivity contribution in [3.63, 3.8) is 0 Å².